The molecule has 0 aliphatic rings. The lowest BCUT2D eigenvalue weighted by molar-refractivity contribution is 0.604. The summed E-state index contributed by atoms with van der Waals surface area (Å²) in [5.41, 5.74) is 3.14. The molecule has 3 aromatic rings. The molecule has 100 valence electrons. The molecule has 0 fully saturated rings. The molecule has 0 spiro atoms. The van der Waals surface area contributed by atoms with Gasteiger partial charge in [-0.3, -0.25) is 0 Å². The SMILES string of the molecule is CNCCCCc1c2ccoc2c(Br)c2ccoc12. The van der Waals surface area contributed by atoms with Crippen LogP contribution < -0.4 is 5.32 Å². The van der Waals surface area contributed by atoms with Crippen molar-refractivity contribution in [2.75, 3.05) is 13.6 Å². The number of benzene rings is 1. The third-order valence-electron chi connectivity index (χ3n) is 3.47. The normalized spacial score (nSPS) is 11.7. The molecule has 0 aliphatic heterocycles. The molecular weight excluding hydrogens is 306 g/mol. The Balaban J connectivity index is 2.05. The molecule has 0 unspecified atom stereocenters. The number of nitrogens with one attached hydrogen (secondary N) is 1. The Morgan fingerprint density at radius 3 is 2.58 bits per heavy atom. The van der Waals surface area contributed by atoms with Crippen molar-refractivity contribution in [3.63, 3.8) is 0 Å². The highest BCUT2D eigenvalue weighted by molar-refractivity contribution is 9.10. The van der Waals surface area contributed by atoms with Crippen LogP contribution in [0.2, 0.25) is 0 Å². The van der Waals surface area contributed by atoms with E-state index in [0.29, 0.717) is 0 Å². The van der Waals surface area contributed by atoms with Crippen molar-refractivity contribution in [1.82, 2.24) is 5.32 Å². The summed E-state index contributed by atoms with van der Waals surface area (Å²) >= 11 is 3.60. The van der Waals surface area contributed by atoms with E-state index in [9.17, 15) is 0 Å². The predicted molar refractivity (Wildman–Crippen MR) is 80.6 cm³/mol. The molecule has 2 aromatic heterocycles. The van der Waals surface area contributed by atoms with Gasteiger partial charge in [0.1, 0.15) is 11.2 Å². The second-order valence-corrected chi connectivity index (χ2v) is 5.47. The highest BCUT2D eigenvalue weighted by Gasteiger charge is 2.16. The third kappa shape index (κ3) is 2.19. The number of furan rings is 2. The predicted octanol–water partition coefficient (Wildman–Crippen LogP) is 4.48. The summed E-state index contributed by atoms with van der Waals surface area (Å²) in [7, 11) is 1.98. The monoisotopic (exact) mass is 321 g/mol. The highest BCUT2D eigenvalue weighted by Crippen LogP contribution is 2.38. The Bertz CT molecular complexity index is 647. The molecule has 0 saturated heterocycles. The standard InChI is InChI=1S/C15H16BrNO2/c1-17-7-3-2-4-10-11-5-8-19-15(11)13(16)12-6-9-18-14(10)12/h5-6,8-9,17H,2-4,7H2,1H3. The average molecular weight is 322 g/mol. The van der Waals surface area contributed by atoms with Gasteiger partial charge in [-0.2, -0.15) is 0 Å². The van der Waals surface area contributed by atoms with Crippen molar-refractivity contribution in [3.05, 3.63) is 34.7 Å². The second-order valence-electron chi connectivity index (χ2n) is 4.68. The van der Waals surface area contributed by atoms with Gasteiger partial charge in [-0.25, -0.2) is 0 Å². The minimum absolute atomic E-state index is 0.914. The van der Waals surface area contributed by atoms with Crippen LogP contribution in [-0.2, 0) is 6.42 Å². The summed E-state index contributed by atoms with van der Waals surface area (Å²) in [6, 6.07) is 4.01. The molecule has 0 amide bonds. The summed E-state index contributed by atoms with van der Waals surface area (Å²) in [6.07, 6.45) is 6.79. The van der Waals surface area contributed by atoms with E-state index in [2.05, 4.69) is 21.2 Å². The number of rotatable bonds is 5. The van der Waals surface area contributed by atoms with Gasteiger partial charge >= 0.3 is 0 Å². The second kappa shape index (κ2) is 5.39. The van der Waals surface area contributed by atoms with Gasteiger partial charge in [-0.1, -0.05) is 0 Å². The van der Waals surface area contributed by atoms with Gasteiger partial charge in [-0.05, 0) is 60.9 Å². The maximum absolute atomic E-state index is 5.68. The van der Waals surface area contributed by atoms with E-state index >= 15 is 0 Å². The van der Waals surface area contributed by atoms with Gasteiger partial charge in [0, 0.05) is 16.3 Å². The van der Waals surface area contributed by atoms with Gasteiger partial charge in [0.15, 0.2) is 0 Å². The van der Waals surface area contributed by atoms with Crippen LogP contribution in [0.15, 0.2) is 38.0 Å². The highest BCUT2D eigenvalue weighted by atomic mass is 79.9. The molecule has 0 saturated carbocycles. The zero-order chi connectivity index (χ0) is 13.2. The summed E-state index contributed by atoms with van der Waals surface area (Å²) in [4.78, 5) is 0. The Labute approximate surface area is 120 Å². The molecule has 1 N–H and O–H groups in total. The molecule has 19 heavy (non-hydrogen) atoms. The molecule has 0 atom stereocenters. The Kier molecular flexibility index (Phi) is 3.62. The lowest BCUT2D eigenvalue weighted by Gasteiger charge is -2.06. The number of halogens is 1. The Hall–Kier alpha value is -1.26. The maximum atomic E-state index is 5.68. The number of hydrogen-bond donors (Lipinski definition) is 1. The molecule has 3 rings (SSSR count). The summed E-state index contributed by atoms with van der Waals surface area (Å²) in [5, 5.41) is 5.42. The molecule has 2 heterocycles. The lowest BCUT2D eigenvalue weighted by atomic mass is 10.0. The number of aryl methyl sites for hydroxylation is 1. The van der Waals surface area contributed by atoms with Crippen LogP contribution in [0.4, 0.5) is 0 Å². The first kappa shape index (κ1) is 12.8. The Morgan fingerprint density at radius 1 is 1.05 bits per heavy atom. The zero-order valence-corrected chi connectivity index (χ0v) is 12.4. The van der Waals surface area contributed by atoms with Gasteiger partial charge in [-0.15, -0.1) is 0 Å². The van der Waals surface area contributed by atoms with E-state index in [0.717, 1.165) is 52.2 Å². The minimum atomic E-state index is 0.914. The van der Waals surface area contributed by atoms with Gasteiger partial charge < -0.3 is 14.2 Å². The molecule has 0 radical (unpaired) electrons. The molecule has 3 nitrogen and oxygen atoms in total. The van der Waals surface area contributed by atoms with Crippen molar-refractivity contribution >= 4 is 37.9 Å². The summed E-state index contributed by atoms with van der Waals surface area (Å²) in [6.45, 7) is 1.05. The fourth-order valence-electron chi connectivity index (χ4n) is 2.53. The van der Waals surface area contributed by atoms with Crippen LogP contribution in [-0.4, -0.2) is 13.6 Å². The summed E-state index contributed by atoms with van der Waals surface area (Å²) in [5.74, 6) is 0. The van der Waals surface area contributed by atoms with Crippen LogP contribution in [0.25, 0.3) is 21.9 Å². The molecular formula is C15H16BrNO2. The fraction of sp³-hybridized carbons (Fsp3) is 0.333. The zero-order valence-electron chi connectivity index (χ0n) is 10.8. The van der Waals surface area contributed by atoms with Gasteiger partial charge in [0.05, 0.1) is 17.0 Å². The molecule has 0 bridgehead atoms. The topological polar surface area (TPSA) is 38.3 Å². The fourth-order valence-corrected chi connectivity index (χ4v) is 3.15. The van der Waals surface area contributed by atoms with Crippen LogP contribution >= 0.6 is 15.9 Å². The molecule has 4 heteroatoms. The minimum Gasteiger partial charge on any atom is -0.464 e. The van der Waals surface area contributed by atoms with E-state index in [-0.39, 0.29) is 0 Å². The van der Waals surface area contributed by atoms with Gasteiger partial charge in [0.2, 0.25) is 0 Å². The largest absolute Gasteiger partial charge is 0.464 e. The number of fused-ring (bicyclic) bond motifs is 2. The van der Waals surface area contributed by atoms with E-state index < -0.39 is 0 Å². The lowest BCUT2D eigenvalue weighted by Crippen LogP contribution is -2.07. The van der Waals surface area contributed by atoms with Gasteiger partial charge in [0.25, 0.3) is 0 Å². The Morgan fingerprint density at radius 2 is 1.79 bits per heavy atom. The quantitative estimate of drug-likeness (QED) is 0.704. The van der Waals surface area contributed by atoms with Crippen LogP contribution in [0.5, 0.6) is 0 Å². The number of hydrogen-bond acceptors (Lipinski definition) is 3. The maximum Gasteiger partial charge on any atom is 0.149 e. The van der Waals surface area contributed by atoms with E-state index in [1.54, 1.807) is 12.5 Å². The van der Waals surface area contributed by atoms with E-state index in [4.69, 9.17) is 8.83 Å². The van der Waals surface area contributed by atoms with E-state index in [1.165, 1.54) is 5.56 Å². The van der Waals surface area contributed by atoms with E-state index in [1.807, 2.05) is 19.2 Å². The molecule has 0 aliphatic carbocycles. The first-order valence-corrected chi connectivity index (χ1v) is 7.31. The van der Waals surface area contributed by atoms with Crippen LogP contribution in [0, 0.1) is 0 Å². The number of unbranched alkanes of at least 4 members (excludes halogenated alkanes) is 1. The van der Waals surface area contributed by atoms with Crippen LogP contribution in [0.1, 0.15) is 18.4 Å². The van der Waals surface area contributed by atoms with Crippen molar-refractivity contribution < 1.29 is 8.83 Å². The molecule has 1 aromatic carbocycles. The van der Waals surface area contributed by atoms with Crippen molar-refractivity contribution in [3.8, 4) is 0 Å². The first-order valence-electron chi connectivity index (χ1n) is 6.52. The first-order chi connectivity index (χ1) is 9.33. The average Bonchev–Trinajstić information content (AvgIpc) is 3.06. The van der Waals surface area contributed by atoms with Crippen molar-refractivity contribution in [1.29, 1.82) is 0 Å². The van der Waals surface area contributed by atoms with Crippen molar-refractivity contribution in [2.24, 2.45) is 0 Å². The van der Waals surface area contributed by atoms with Crippen molar-refractivity contribution in [2.45, 2.75) is 19.3 Å². The third-order valence-corrected chi connectivity index (χ3v) is 4.26. The summed E-state index contributed by atoms with van der Waals surface area (Å²) < 4.78 is 12.3. The smallest absolute Gasteiger partial charge is 0.149 e. The van der Waals surface area contributed by atoms with Crippen LogP contribution in [0.3, 0.4) is 0 Å².